The highest BCUT2D eigenvalue weighted by molar-refractivity contribution is 9.10. The molecule has 81 valence electrons. The van der Waals surface area contributed by atoms with Crippen LogP contribution in [0.5, 0.6) is 0 Å². The van der Waals surface area contributed by atoms with Gasteiger partial charge in [0.25, 0.3) is 0 Å². The van der Waals surface area contributed by atoms with E-state index in [4.69, 9.17) is 4.74 Å². The van der Waals surface area contributed by atoms with E-state index in [0.717, 1.165) is 11.1 Å². The molecule has 1 aromatic rings. The third kappa shape index (κ3) is 3.62. The Balaban J connectivity index is 1.81. The molecule has 1 aliphatic rings. The molecule has 15 heavy (non-hydrogen) atoms. The Labute approximate surface area is 100.0 Å². The van der Waals surface area contributed by atoms with Gasteiger partial charge in [-0.3, -0.25) is 0 Å². The Hall–Kier alpha value is -0.340. The fourth-order valence-electron chi connectivity index (χ4n) is 1.90. The summed E-state index contributed by atoms with van der Waals surface area (Å²) in [7, 11) is 0. The highest BCUT2D eigenvalue weighted by atomic mass is 79.9. The lowest BCUT2D eigenvalue weighted by molar-refractivity contribution is 0.0229. The average molecular weight is 268 g/mol. The van der Waals surface area contributed by atoms with Crippen LogP contribution in [0.2, 0.25) is 0 Å². The minimum Gasteiger partial charge on any atom is -0.374 e. The van der Waals surface area contributed by atoms with Gasteiger partial charge >= 0.3 is 0 Å². The molecule has 0 unspecified atom stereocenters. The van der Waals surface area contributed by atoms with Crippen molar-refractivity contribution in [3.63, 3.8) is 0 Å². The summed E-state index contributed by atoms with van der Waals surface area (Å²) < 4.78 is 7.01. The molecule has 1 radical (unpaired) electrons. The summed E-state index contributed by atoms with van der Waals surface area (Å²) in [4.78, 5) is 0. The third-order valence-electron chi connectivity index (χ3n) is 2.76. The van der Waals surface area contributed by atoms with Gasteiger partial charge in [-0.1, -0.05) is 28.1 Å². The van der Waals surface area contributed by atoms with Crippen molar-refractivity contribution >= 4 is 15.9 Å². The van der Waals surface area contributed by atoms with Crippen LogP contribution in [0.15, 0.2) is 28.7 Å². The summed E-state index contributed by atoms with van der Waals surface area (Å²) in [6.07, 6.45) is 7.63. The minimum atomic E-state index is 0.467. The fourth-order valence-corrected chi connectivity index (χ4v) is 2.35. The van der Waals surface area contributed by atoms with Crippen molar-refractivity contribution in [2.75, 3.05) is 0 Å². The van der Waals surface area contributed by atoms with Crippen LogP contribution in [-0.2, 0) is 11.3 Å². The first-order chi connectivity index (χ1) is 7.34. The summed E-state index contributed by atoms with van der Waals surface area (Å²) in [5.41, 5.74) is 1.25. The van der Waals surface area contributed by atoms with Gasteiger partial charge in [-0.25, -0.2) is 0 Å². The summed E-state index contributed by atoms with van der Waals surface area (Å²) in [6, 6.07) is 8.32. The van der Waals surface area contributed by atoms with Crippen molar-refractivity contribution in [1.29, 1.82) is 0 Å². The van der Waals surface area contributed by atoms with Gasteiger partial charge in [0.15, 0.2) is 0 Å². The smallest absolute Gasteiger partial charge is 0.0721 e. The predicted octanol–water partition coefficient (Wildman–Crippen LogP) is 4.11. The Morgan fingerprint density at radius 1 is 1.27 bits per heavy atom. The highest BCUT2D eigenvalue weighted by Gasteiger charge is 2.13. The van der Waals surface area contributed by atoms with Gasteiger partial charge in [0, 0.05) is 4.47 Å². The van der Waals surface area contributed by atoms with Crippen molar-refractivity contribution in [2.45, 2.75) is 38.4 Å². The molecule has 0 aromatic heterocycles. The van der Waals surface area contributed by atoms with Crippen LogP contribution >= 0.6 is 15.9 Å². The predicted molar refractivity (Wildman–Crippen MR) is 65.5 cm³/mol. The van der Waals surface area contributed by atoms with Crippen LogP contribution in [0.1, 0.15) is 31.2 Å². The SMILES string of the molecule is Brc1cccc(COC2CC[CH]CC2)c1. The second-order valence-electron chi connectivity index (χ2n) is 4.01. The molecule has 0 atom stereocenters. The monoisotopic (exact) mass is 267 g/mol. The van der Waals surface area contributed by atoms with Gasteiger partial charge in [-0.15, -0.1) is 0 Å². The summed E-state index contributed by atoms with van der Waals surface area (Å²) in [5, 5.41) is 0. The Bertz CT molecular complexity index is 305. The maximum atomic E-state index is 5.88. The molecule has 1 aliphatic carbocycles. The molecule has 1 fully saturated rings. The second-order valence-corrected chi connectivity index (χ2v) is 4.92. The van der Waals surface area contributed by atoms with E-state index in [1.807, 2.05) is 6.07 Å². The number of hydrogen-bond donors (Lipinski definition) is 0. The van der Waals surface area contributed by atoms with Crippen LogP contribution in [0.25, 0.3) is 0 Å². The van der Waals surface area contributed by atoms with Gasteiger partial charge in [0.1, 0.15) is 0 Å². The largest absolute Gasteiger partial charge is 0.374 e. The normalized spacial score (nSPS) is 17.9. The third-order valence-corrected chi connectivity index (χ3v) is 3.25. The molecule has 2 heteroatoms. The molecule has 1 saturated carbocycles. The first-order valence-corrected chi connectivity index (χ1v) is 6.31. The van der Waals surface area contributed by atoms with Gasteiger partial charge in [0.05, 0.1) is 12.7 Å². The molecule has 0 bridgehead atoms. The maximum absolute atomic E-state index is 5.88. The topological polar surface area (TPSA) is 9.23 Å². The van der Waals surface area contributed by atoms with Crippen molar-refractivity contribution in [1.82, 2.24) is 0 Å². The highest BCUT2D eigenvalue weighted by Crippen LogP contribution is 2.21. The standard InChI is InChI=1S/C13H16BrO/c14-12-6-4-5-11(9-12)10-15-13-7-2-1-3-8-13/h1,4-6,9,13H,2-3,7-8,10H2. The van der Waals surface area contributed by atoms with Gasteiger partial charge < -0.3 is 4.74 Å². The molecule has 0 heterocycles. The van der Waals surface area contributed by atoms with E-state index >= 15 is 0 Å². The molecule has 0 spiro atoms. The molecule has 0 N–H and O–H groups in total. The first kappa shape index (κ1) is 11.2. The van der Waals surface area contributed by atoms with Crippen molar-refractivity contribution in [2.24, 2.45) is 0 Å². The van der Waals surface area contributed by atoms with E-state index in [1.165, 1.54) is 31.2 Å². The Kier molecular flexibility index (Phi) is 4.21. The van der Waals surface area contributed by atoms with E-state index in [1.54, 1.807) is 0 Å². The lowest BCUT2D eigenvalue weighted by atomic mass is 9.98. The number of hydrogen-bond acceptors (Lipinski definition) is 1. The summed E-state index contributed by atoms with van der Waals surface area (Å²) in [5.74, 6) is 0. The van der Waals surface area contributed by atoms with E-state index in [9.17, 15) is 0 Å². The number of ether oxygens (including phenoxy) is 1. The number of halogens is 1. The van der Waals surface area contributed by atoms with Crippen molar-refractivity contribution in [3.8, 4) is 0 Å². The molecule has 1 nitrogen and oxygen atoms in total. The molecule has 1 aromatic carbocycles. The first-order valence-electron chi connectivity index (χ1n) is 5.52. The molecular formula is C13H16BrO. The van der Waals surface area contributed by atoms with E-state index < -0.39 is 0 Å². The van der Waals surface area contributed by atoms with Crippen molar-refractivity contribution in [3.05, 3.63) is 40.7 Å². The molecular weight excluding hydrogens is 252 g/mol. The maximum Gasteiger partial charge on any atom is 0.0721 e. The van der Waals surface area contributed by atoms with Gasteiger partial charge in [0.2, 0.25) is 0 Å². The zero-order chi connectivity index (χ0) is 10.5. The van der Waals surface area contributed by atoms with Crippen LogP contribution in [0.4, 0.5) is 0 Å². The fraction of sp³-hybridized carbons (Fsp3) is 0.462. The Morgan fingerprint density at radius 3 is 2.80 bits per heavy atom. The van der Waals surface area contributed by atoms with Crippen LogP contribution in [0.3, 0.4) is 0 Å². The second kappa shape index (κ2) is 5.66. The minimum absolute atomic E-state index is 0.467. The van der Waals surface area contributed by atoms with Gasteiger partial charge in [-0.05, 0) is 49.8 Å². The Morgan fingerprint density at radius 2 is 2.07 bits per heavy atom. The van der Waals surface area contributed by atoms with Gasteiger partial charge in [-0.2, -0.15) is 0 Å². The zero-order valence-electron chi connectivity index (χ0n) is 8.79. The molecule has 0 saturated heterocycles. The average Bonchev–Trinajstić information content (AvgIpc) is 2.28. The molecule has 2 rings (SSSR count). The quantitative estimate of drug-likeness (QED) is 0.801. The molecule has 0 amide bonds. The lowest BCUT2D eigenvalue weighted by Crippen LogP contribution is -2.16. The van der Waals surface area contributed by atoms with Crippen LogP contribution < -0.4 is 0 Å². The number of benzene rings is 1. The van der Waals surface area contributed by atoms with E-state index in [0.29, 0.717) is 6.10 Å². The zero-order valence-corrected chi connectivity index (χ0v) is 10.4. The number of rotatable bonds is 3. The summed E-state index contributed by atoms with van der Waals surface area (Å²) >= 11 is 3.47. The molecule has 0 aliphatic heterocycles. The van der Waals surface area contributed by atoms with Crippen LogP contribution in [-0.4, -0.2) is 6.10 Å². The van der Waals surface area contributed by atoms with Crippen LogP contribution in [0, 0.1) is 6.42 Å². The van der Waals surface area contributed by atoms with E-state index in [-0.39, 0.29) is 0 Å². The van der Waals surface area contributed by atoms with Crippen molar-refractivity contribution < 1.29 is 4.74 Å². The summed E-state index contributed by atoms with van der Waals surface area (Å²) in [6.45, 7) is 0.740. The van der Waals surface area contributed by atoms with E-state index in [2.05, 4.69) is 40.5 Å². The lowest BCUT2D eigenvalue weighted by Gasteiger charge is -2.21.